The maximum absolute atomic E-state index is 11.3. The van der Waals surface area contributed by atoms with Gasteiger partial charge in [-0.3, -0.25) is 4.90 Å². The largest absolute Gasteiger partial charge is 0.465 e. The number of nitrogens with zero attached hydrogens (tertiary/aromatic N) is 1. The number of nitrogen functional groups attached to an aromatic ring is 1. The Kier molecular flexibility index (Phi) is 3.40. The minimum atomic E-state index is -0.846. The van der Waals surface area contributed by atoms with Crippen LogP contribution in [-0.4, -0.2) is 47.4 Å². The van der Waals surface area contributed by atoms with Crippen molar-refractivity contribution in [3.05, 3.63) is 24.3 Å². The van der Waals surface area contributed by atoms with Gasteiger partial charge in [0.15, 0.2) is 0 Å². The highest BCUT2D eigenvalue weighted by Gasteiger charge is 2.41. The summed E-state index contributed by atoms with van der Waals surface area (Å²) in [6.07, 6.45) is 0.648. The molecule has 2 saturated heterocycles. The van der Waals surface area contributed by atoms with Crippen molar-refractivity contribution in [3.63, 3.8) is 0 Å². The molecule has 2 aliphatic heterocycles. The predicted octanol–water partition coefficient (Wildman–Crippen LogP) is 1.59. The van der Waals surface area contributed by atoms with Gasteiger partial charge >= 0.3 is 6.09 Å². The predicted molar refractivity (Wildman–Crippen MR) is 75.8 cm³/mol. The minimum Gasteiger partial charge on any atom is -0.465 e. The fourth-order valence-electron chi connectivity index (χ4n) is 3.19. The van der Waals surface area contributed by atoms with Crippen LogP contribution < -0.4 is 11.1 Å². The number of nitrogens with one attached hydrogen (secondary N) is 1. The van der Waals surface area contributed by atoms with Gasteiger partial charge in [0.1, 0.15) is 0 Å². The molecular formula is C14H19N3O3. The Hall–Kier alpha value is -1.95. The Balaban J connectivity index is 1.72. The summed E-state index contributed by atoms with van der Waals surface area (Å²) in [5.41, 5.74) is 7.57. The molecule has 20 heavy (non-hydrogen) atoms. The number of benzene rings is 1. The molecule has 2 aliphatic rings. The number of hydrogen-bond donors (Lipinski definition) is 3. The van der Waals surface area contributed by atoms with Gasteiger partial charge in [0, 0.05) is 6.04 Å². The third-order valence-electron chi connectivity index (χ3n) is 4.06. The second-order valence-corrected chi connectivity index (χ2v) is 5.43. The van der Waals surface area contributed by atoms with Crippen LogP contribution in [0.5, 0.6) is 0 Å². The van der Waals surface area contributed by atoms with Crippen molar-refractivity contribution in [3.8, 4) is 0 Å². The van der Waals surface area contributed by atoms with Gasteiger partial charge < -0.3 is 20.9 Å². The van der Waals surface area contributed by atoms with E-state index in [1.54, 1.807) is 4.90 Å². The number of ether oxygens (including phenoxy) is 1. The Morgan fingerprint density at radius 2 is 1.95 bits per heavy atom. The number of piperidine rings is 1. The van der Waals surface area contributed by atoms with Gasteiger partial charge in [-0.15, -0.1) is 0 Å². The summed E-state index contributed by atoms with van der Waals surface area (Å²) < 4.78 is 5.48. The number of anilines is 2. The second kappa shape index (κ2) is 5.20. The van der Waals surface area contributed by atoms with E-state index in [1.165, 1.54) is 0 Å². The Morgan fingerprint density at radius 3 is 2.55 bits per heavy atom. The number of amides is 1. The molecule has 0 aliphatic carbocycles. The molecule has 3 rings (SSSR count). The highest BCUT2D eigenvalue weighted by molar-refractivity contribution is 5.67. The summed E-state index contributed by atoms with van der Waals surface area (Å²) >= 11 is 0. The van der Waals surface area contributed by atoms with Crippen molar-refractivity contribution in [2.75, 3.05) is 24.3 Å². The van der Waals surface area contributed by atoms with Crippen molar-refractivity contribution in [1.82, 2.24) is 4.90 Å². The van der Waals surface area contributed by atoms with Crippen molar-refractivity contribution in [1.29, 1.82) is 0 Å². The summed E-state index contributed by atoms with van der Waals surface area (Å²) in [7, 11) is 0. The summed E-state index contributed by atoms with van der Waals surface area (Å²) in [5.74, 6) is 0. The zero-order valence-electron chi connectivity index (χ0n) is 11.2. The first-order valence-electron chi connectivity index (χ1n) is 6.85. The fourth-order valence-corrected chi connectivity index (χ4v) is 3.19. The molecule has 0 spiro atoms. The molecule has 3 atom stereocenters. The van der Waals surface area contributed by atoms with E-state index in [0.717, 1.165) is 24.2 Å². The van der Waals surface area contributed by atoms with Crippen LogP contribution in [0.25, 0.3) is 0 Å². The zero-order chi connectivity index (χ0) is 14.1. The quantitative estimate of drug-likeness (QED) is 0.714. The first kappa shape index (κ1) is 13.1. The number of hydrogen-bond acceptors (Lipinski definition) is 4. The summed E-state index contributed by atoms with van der Waals surface area (Å²) in [6, 6.07) is 7.74. The molecule has 1 unspecified atom stereocenters. The van der Waals surface area contributed by atoms with Crippen molar-refractivity contribution < 1.29 is 14.6 Å². The van der Waals surface area contributed by atoms with E-state index < -0.39 is 6.09 Å². The van der Waals surface area contributed by atoms with Crippen molar-refractivity contribution >= 4 is 17.5 Å². The first-order chi connectivity index (χ1) is 9.65. The molecule has 1 aromatic rings. The average Bonchev–Trinajstić information content (AvgIpc) is 2.40. The summed E-state index contributed by atoms with van der Waals surface area (Å²) in [4.78, 5) is 12.9. The highest BCUT2D eigenvalue weighted by Crippen LogP contribution is 2.30. The molecular weight excluding hydrogens is 258 g/mol. The van der Waals surface area contributed by atoms with Crippen LogP contribution in [0, 0.1) is 0 Å². The molecule has 0 saturated carbocycles. The van der Waals surface area contributed by atoms with Gasteiger partial charge in [-0.05, 0) is 25.0 Å². The standard InChI is InChI=1S/C14H19N3O3/c15-12-3-1-2-4-13(12)16-9-5-10-7-20-8-11(6-9)17(10)14(18)19/h1-4,9-11,16H,5-8,15H2,(H,18,19)/t9?,10-,11+. The van der Waals surface area contributed by atoms with E-state index in [9.17, 15) is 9.90 Å². The lowest BCUT2D eigenvalue weighted by Gasteiger charge is -2.47. The number of nitrogens with two attached hydrogens (primary N) is 1. The number of carboxylic acid groups (broad SMARTS) is 1. The minimum absolute atomic E-state index is 0.0672. The van der Waals surface area contributed by atoms with Gasteiger partial charge in [0.25, 0.3) is 0 Å². The molecule has 2 heterocycles. The molecule has 0 aromatic heterocycles. The number of para-hydroxylation sites is 2. The first-order valence-corrected chi connectivity index (χ1v) is 6.85. The molecule has 6 heteroatoms. The van der Waals surface area contributed by atoms with Crippen LogP contribution in [0.15, 0.2) is 24.3 Å². The number of rotatable bonds is 2. The van der Waals surface area contributed by atoms with E-state index in [-0.39, 0.29) is 18.1 Å². The number of carbonyl (C=O) groups is 1. The highest BCUT2D eigenvalue weighted by atomic mass is 16.5. The van der Waals surface area contributed by atoms with Crippen molar-refractivity contribution in [2.24, 2.45) is 0 Å². The SMILES string of the molecule is Nc1ccccc1NC1C[C@H]2COC[C@@H](C1)N2C(=O)O. The van der Waals surface area contributed by atoms with E-state index in [2.05, 4.69) is 5.32 Å². The van der Waals surface area contributed by atoms with Crippen LogP contribution in [0.1, 0.15) is 12.8 Å². The summed E-state index contributed by atoms with van der Waals surface area (Å²) in [5, 5.41) is 12.7. The van der Waals surface area contributed by atoms with Crippen molar-refractivity contribution in [2.45, 2.75) is 31.0 Å². The third-order valence-corrected chi connectivity index (χ3v) is 4.06. The van der Waals surface area contributed by atoms with E-state index in [4.69, 9.17) is 10.5 Å². The summed E-state index contributed by atoms with van der Waals surface area (Å²) in [6.45, 7) is 0.955. The van der Waals surface area contributed by atoms with Crippen LogP contribution in [-0.2, 0) is 4.74 Å². The molecule has 1 amide bonds. The maximum atomic E-state index is 11.3. The maximum Gasteiger partial charge on any atom is 0.407 e. The van der Waals surface area contributed by atoms with Gasteiger partial charge in [-0.2, -0.15) is 0 Å². The molecule has 108 valence electrons. The fraction of sp³-hybridized carbons (Fsp3) is 0.500. The molecule has 6 nitrogen and oxygen atoms in total. The molecule has 2 bridgehead atoms. The lowest BCUT2D eigenvalue weighted by Crippen LogP contribution is -2.60. The molecule has 0 radical (unpaired) electrons. The Labute approximate surface area is 117 Å². The average molecular weight is 277 g/mol. The monoisotopic (exact) mass is 277 g/mol. The van der Waals surface area contributed by atoms with Crippen LogP contribution >= 0.6 is 0 Å². The van der Waals surface area contributed by atoms with Crippen LogP contribution in [0.2, 0.25) is 0 Å². The van der Waals surface area contributed by atoms with E-state index in [1.807, 2.05) is 24.3 Å². The molecule has 4 N–H and O–H groups in total. The van der Waals surface area contributed by atoms with Gasteiger partial charge in [0.2, 0.25) is 0 Å². The number of fused-ring (bicyclic) bond motifs is 2. The van der Waals surface area contributed by atoms with Gasteiger partial charge in [-0.1, -0.05) is 12.1 Å². The third kappa shape index (κ3) is 2.38. The lowest BCUT2D eigenvalue weighted by atomic mass is 9.90. The van der Waals surface area contributed by atoms with Crippen LogP contribution in [0.4, 0.5) is 16.2 Å². The molecule has 1 aromatic carbocycles. The van der Waals surface area contributed by atoms with E-state index >= 15 is 0 Å². The lowest BCUT2D eigenvalue weighted by molar-refractivity contribution is -0.0620. The van der Waals surface area contributed by atoms with Gasteiger partial charge in [0.05, 0.1) is 36.7 Å². The normalized spacial score (nSPS) is 29.0. The molecule has 2 fully saturated rings. The zero-order valence-corrected chi connectivity index (χ0v) is 11.2. The Morgan fingerprint density at radius 1 is 1.30 bits per heavy atom. The number of morpholine rings is 1. The topological polar surface area (TPSA) is 87.8 Å². The second-order valence-electron chi connectivity index (χ2n) is 5.43. The van der Waals surface area contributed by atoms with Crippen LogP contribution in [0.3, 0.4) is 0 Å². The smallest absolute Gasteiger partial charge is 0.407 e. The van der Waals surface area contributed by atoms with Gasteiger partial charge in [-0.25, -0.2) is 4.79 Å². The van der Waals surface area contributed by atoms with E-state index in [0.29, 0.717) is 13.2 Å². The Bertz CT molecular complexity index is 494.